The number of aromatic amines is 1. The van der Waals surface area contributed by atoms with Gasteiger partial charge >= 0.3 is 0 Å². The first-order valence-corrected chi connectivity index (χ1v) is 10.7. The summed E-state index contributed by atoms with van der Waals surface area (Å²) in [6.07, 6.45) is 6.32. The topological polar surface area (TPSA) is 49.0 Å². The third kappa shape index (κ3) is 3.17. The molecule has 2 aromatic carbocycles. The zero-order valence-electron chi connectivity index (χ0n) is 16.7. The van der Waals surface area contributed by atoms with E-state index in [9.17, 15) is 4.79 Å². The molecule has 3 aromatic rings. The predicted octanol–water partition coefficient (Wildman–Crippen LogP) is 4.51. The maximum absolute atomic E-state index is 13.5. The summed E-state index contributed by atoms with van der Waals surface area (Å²) in [5.74, 6) is 0.0836. The molecule has 29 heavy (non-hydrogen) atoms. The first-order chi connectivity index (χ1) is 14.3. The van der Waals surface area contributed by atoms with Crippen molar-refractivity contribution in [3.05, 3.63) is 88.7 Å². The molecule has 0 radical (unpaired) electrons. The first-order valence-electron chi connectivity index (χ1n) is 10.7. The molecular formula is C25H27N3O. The van der Waals surface area contributed by atoms with Crippen molar-refractivity contribution in [3.8, 4) is 0 Å². The second-order valence-electron chi connectivity index (χ2n) is 8.38. The van der Waals surface area contributed by atoms with Crippen molar-refractivity contribution < 1.29 is 4.79 Å². The van der Waals surface area contributed by atoms with Crippen molar-refractivity contribution in [1.82, 2.24) is 15.1 Å². The summed E-state index contributed by atoms with van der Waals surface area (Å²) in [6.45, 7) is 1.49. The molecule has 0 saturated carbocycles. The van der Waals surface area contributed by atoms with Crippen molar-refractivity contribution in [2.45, 2.75) is 43.9 Å². The third-order valence-electron chi connectivity index (χ3n) is 6.69. The molecule has 1 N–H and O–H groups in total. The number of piperidine rings is 1. The molecule has 1 aromatic heterocycles. The van der Waals surface area contributed by atoms with Crippen molar-refractivity contribution in [2.24, 2.45) is 0 Å². The monoisotopic (exact) mass is 385 g/mol. The van der Waals surface area contributed by atoms with Crippen LogP contribution in [-0.4, -0.2) is 34.1 Å². The molecule has 1 aliphatic heterocycles. The minimum atomic E-state index is -0.174. The lowest BCUT2D eigenvalue weighted by molar-refractivity contribution is 0.0659. The second-order valence-corrected chi connectivity index (χ2v) is 8.38. The molecule has 1 aliphatic carbocycles. The number of benzene rings is 2. The number of rotatable bonds is 3. The Bertz CT molecular complexity index is 954. The van der Waals surface area contributed by atoms with Gasteiger partial charge in [-0.15, -0.1) is 0 Å². The number of H-pyrrole nitrogens is 1. The fraction of sp³-hybridized carbons (Fsp3) is 0.360. The Balaban J connectivity index is 1.52. The molecule has 0 bridgehead atoms. The van der Waals surface area contributed by atoms with E-state index in [0.29, 0.717) is 12.2 Å². The highest BCUT2D eigenvalue weighted by Crippen LogP contribution is 2.40. The van der Waals surface area contributed by atoms with Gasteiger partial charge in [-0.1, -0.05) is 60.7 Å². The van der Waals surface area contributed by atoms with Gasteiger partial charge in [-0.05, 0) is 49.7 Å². The number of hydrogen-bond acceptors (Lipinski definition) is 2. The summed E-state index contributed by atoms with van der Waals surface area (Å²) in [5.41, 5.74) is 5.36. The molecule has 0 atom stereocenters. The van der Waals surface area contributed by atoms with E-state index in [4.69, 9.17) is 0 Å². The van der Waals surface area contributed by atoms with Gasteiger partial charge in [-0.3, -0.25) is 9.89 Å². The van der Waals surface area contributed by atoms with Crippen LogP contribution in [0.25, 0.3) is 0 Å². The van der Waals surface area contributed by atoms with Gasteiger partial charge < -0.3 is 4.90 Å². The van der Waals surface area contributed by atoms with Crippen molar-refractivity contribution in [1.29, 1.82) is 0 Å². The van der Waals surface area contributed by atoms with Gasteiger partial charge in [-0.2, -0.15) is 5.10 Å². The minimum absolute atomic E-state index is 0.0836. The SMILES string of the molecule is O=C(c1n[nH]c2c1CCCC2)N1CCCC(c2ccccc2)(c2ccccc2)C1. The van der Waals surface area contributed by atoms with Crippen LogP contribution in [0, 0.1) is 0 Å². The van der Waals surface area contributed by atoms with Crippen LogP contribution in [0.1, 0.15) is 58.6 Å². The summed E-state index contributed by atoms with van der Waals surface area (Å²) in [4.78, 5) is 15.6. The molecule has 1 saturated heterocycles. The number of aromatic nitrogens is 2. The summed E-state index contributed by atoms with van der Waals surface area (Å²) >= 11 is 0. The van der Waals surface area contributed by atoms with E-state index in [1.807, 2.05) is 4.90 Å². The zero-order valence-corrected chi connectivity index (χ0v) is 16.7. The Morgan fingerprint density at radius 2 is 1.55 bits per heavy atom. The second kappa shape index (κ2) is 7.51. The number of aryl methyl sites for hydroxylation is 1. The van der Waals surface area contributed by atoms with Gasteiger partial charge in [-0.25, -0.2) is 0 Å². The maximum atomic E-state index is 13.5. The molecule has 5 rings (SSSR count). The lowest BCUT2D eigenvalue weighted by Crippen LogP contribution is -2.49. The number of carbonyl (C=O) groups is 1. The number of fused-ring (bicyclic) bond motifs is 1. The van der Waals surface area contributed by atoms with Gasteiger partial charge in [0.15, 0.2) is 5.69 Å². The number of nitrogens with zero attached hydrogens (tertiary/aromatic N) is 2. The van der Waals surface area contributed by atoms with E-state index in [1.54, 1.807) is 0 Å². The highest BCUT2D eigenvalue weighted by molar-refractivity contribution is 5.94. The molecule has 148 valence electrons. The van der Waals surface area contributed by atoms with E-state index < -0.39 is 0 Å². The number of nitrogens with one attached hydrogen (secondary N) is 1. The Hall–Kier alpha value is -2.88. The Kier molecular flexibility index (Phi) is 4.70. The van der Waals surface area contributed by atoms with Crippen molar-refractivity contribution in [2.75, 3.05) is 13.1 Å². The zero-order chi connectivity index (χ0) is 19.7. The van der Waals surface area contributed by atoms with E-state index in [2.05, 4.69) is 70.9 Å². The molecule has 4 heteroatoms. The lowest BCUT2D eigenvalue weighted by Gasteiger charge is -2.43. The quantitative estimate of drug-likeness (QED) is 0.721. The third-order valence-corrected chi connectivity index (χ3v) is 6.69. The highest BCUT2D eigenvalue weighted by atomic mass is 16.2. The highest BCUT2D eigenvalue weighted by Gasteiger charge is 2.41. The standard InChI is InChI=1S/C25H27N3O/c29-24(23-21-14-7-8-15-22(21)26-27-23)28-17-9-16-25(18-28,19-10-3-1-4-11-19)20-12-5-2-6-13-20/h1-6,10-13H,7-9,14-18H2,(H,26,27). The van der Waals surface area contributed by atoms with Crippen LogP contribution < -0.4 is 0 Å². The molecule has 1 amide bonds. The average Bonchev–Trinajstić information content (AvgIpc) is 3.24. The van der Waals surface area contributed by atoms with Crippen LogP contribution >= 0.6 is 0 Å². The molecule has 0 unspecified atom stereocenters. The normalized spacial score (nSPS) is 18.3. The number of likely N-dealkylation sites (tertiary alicyclic amines) is 1. The molecule has 2 aliphatic rings. The summed E-state index contributed by atoms with van der Waals surface area (Å²) in [7, 11) is 0. The van der Waals surface area contributed by atoms with Gasteiger partial charge in [0, 0.05) is 29.8 Å². The molecule has 0 spiro atoms. The number of carbonyl (C=O) groups excluding carboxylic acids is 1. The maximum Gasteiger partial charge on any atom is 0.274 e. The summed E-state index contributed by atoms with van der Waals surface area (Å²) in [6, 6.07) is 21.4. The van der Waals surface area contributed by atoms with Crippen LogP contribution in [0.3, 0.4) is 0 Å². The van der Waals surface area contributed by atoms with Gasteiger partial charge in [0.05, 0.1) is 0 Å². The summed E-state index contributed by atoms with van der Waals surface area (Å²) in [5, 5.41) is 7.58. The molecule has 4 nitrogen and oxygen atoms in total. The lowest BCUT2D eigenvalue weighted by atomic mass is 9.69. The fourth-order valence-electron chi connectivity index (χ4n) is 5.19. The summed E-state index contributed by atoms with van der Waals surface area (Å²) < 4.78 is 0. The Morgan fingerprint density at radius 3 is 2.24 bits per heavy atom. The van der Waals surface area contributed by atoms with E-state index in [0.717, 1.165) is 49.9 Å². The van der Waals surface area contributed by atoms with Gasteiger partial charge in [0.1, 0.15) is 0 Å². The molecule has 1 fully saturated rings. The molecular weight excluding hydrogens is 358 g/mol. The van der Waals surface area contributed by atoms with Gasteiger partial charge in [0.2, 0.25) is 0 Å². The van der Waals surface area contributed by atoms with E-state index in [1.165, 1.54) is 17.5 Å². The van der Waals surface area contributed by atoms with Crippen LogP contribution in [0.4, 0.5) is 0 Å². The van der Waals surface area contributed by atoms with Crippen molar-refractivity contribution >= 4 is 5.91 Å². The smallest absolute Gasteiger partial charge is 0.274 e. The first kappa shape index (κ1) is 18.2. The fourth-order valence-corrected chi connectivity index (χ4v) is 5.19. The van der Waals surface area contributed by atoms with Crippen LogP contribution in [-0.2, 0) is 18.3 Å². The van der Waals surface area contributed by atoms with Crippen LogP contribution in [0.5, 0.6) is 0 Å². The number of hydrogen-bond donors (Lipinski definition) is 1. The van der Waals surface area contributed by atoms with Crippen LogP contribution in [0.15, 0.2) is 60.7 Å². The largest absolute Gasteiger partial charge is 0.336 e. The Morgan fingerprint density at radius 1 is 0.897 bits per heavy atom. The van der Waals surface area contributed by atoms with Crippen molar-refractivity contribution in [3.63, 3.8) is 0 Å². The van der Waals surface area contributed by atoms with E-state index >= 15 is 0 Å². The number of amides is 1. The Labute approximate surface area is 172 Å². The predicted molar refractivity (Wildman–Crippen MR) is 114 cm³/mol. The average molecular weight is 386 g/mol. The molecule has 2 heterocycles. The minimum Gasteiger partial charge on any atom is -0.336 e. The van der Waals surface area contributed by atoms with E-state index in [-0.39, 0.29) is 11.3 Å². The van der Waals surface area contributed by atoms with Gasteiger partial charge in [0.25, 0.3) is 5.91 Å². The van der Waals surface area contributed by atoms with Crippen LogP contribution in [0.2, 0.25) is 0 Å².